The van der Waals surface area contributed by atoms with Gasteiger partial charge in [0.2, 0.25) is 11.8 Å². The number of halogens is 2. The number of methoxy groups -OCH3 is 2. The maximum Gasteiger partial charge on any atom is 0.250 e. The van der Waals surface area contributed by atoms with Crippen LogP contribution in [0.3, 0.4) is 0 Å². The molecule has 0 aromatic heterocycles. The van der Waals surface area contributed by atoms with Crippen LogP contribution in [0.5, 0.6) is 23.0 Å². The van der Waals surface area contributed by atoms with Crippen LogP contribution in [0.2, 0.25) is 10.0 Å². The number of aromatic hydroxyl groups is 2. The summed E-state index contributed by atoms with van der Waals surface area (Å²) in [6, 6.07) is 19.9. The molecule has 14 heteroatoms. The maximum atomic E-state index is 15.8. The van der Waals surface area contributed by atoms with Crippen molar-refractivity contribution < 1.29 is 39.2 Å². The first kappa shape index (κ1) is 39.8. The predicted octanol–water partition coefficient (Wildman–Crippen LogP) is 7.96. The SMILES string of the molecule is COc1ccc(C2C3CCCCN3C3(C(=O)Nc4ccc(Cl)cc43)C2C(=O)C=C(O)C2C3CCCCN3C3(C(=O)Nc4ccc(Cl)cc43)C2c2ccc(O)c(OC)c2)cc1O. The van der Waals surface area contributed by atoms with Crippen molar-refractivity contribution >= 4 is 52.2 Å². The molecule has 316 valence electrons. The lowest BCUT2D eigenvalue weighted by atomic mass is 9.68. The minimum absolute atomic E-state index is 0.0873. The number of aliphatic hydroxyl groups is 1. The fourth-order valence-corrected chi connectivity index (χ4v) is 12.7. The Balaban J connectivity index is 1.19. The number of aliphatic hydroxyl groups excluding tert-OH is 1. The van der Waals surface area contributed by atoms with E-state index in [1.165, 1.54) is 26.4 Å². The Hall–Kier alpha value is -5.27. The second-order valence-electron chi connectivity index (χ2n) is 17.2. The number of phenols is 2. The van der Waals surface area contributed by atoms with Gasteiger partial charge >= 0.3 is 0 Å². The number of phenolic OH excluding ortho intramolecular Hbond substituents is 2. The van der Waals surface area contributed by atoms with Gasteiger partial charge in [-0.3, -0.25) is 24.2 Å². The fourth-order valence-electron chi connectivity index (χ4n) is 12.4. The smallest absolute Gasteiger partial charge is 0.250 e. The third-order valence-corrected chi connectivity index (χ3v) is 15.0. The number of fused-ring (bicyclic) bond motifs is 8. The molecule has 8 atom stereocenters. The van der Waals surface area contributed by atoms with E-state index in [4.69, 9.17) is 32.7 Å². The molecule has 0 aliphatic carbocycles. The summed E-state index contributed by atoms with van der Waals surface area (Å²) in [6.45, 7) is 1.07. The third kappa shape index (κ3) is 5.61. The summed E-state index contributed by atoms with van der Waals surface area (Å²) in [5.74, 6) is -4.32. The molecule has 61 heavy (non-hydrogen) atoms. The molecule has 0 radical (unpaired) electrons. The Kier molecular flexibility index (Phi) is 9.59. The van der Waals surface area contributed by atoms with Crippen LogP contribution < -0.4 is 20.1 Å². The molecule has 4 aromatic carbocycles. The minimum Gasteiger partial charge on any atom is -0.512 e. The van der Waals surface area contributed by atoms with E-state index in [2.05, 4.69) is 20.4 Å². The van der Waals surface area contributed by atoms with E-state index < -0.39 is 46.6 Å². The van der Waals surface area contributed by atoms with Gasteiger partial charge in [-0.15, -0.1) is 0 Å². The molecule has 4 aromatic rings. The van der Waals surface area contributed by atoms with Crippen LogP contribution in [0.4, 0.5) is 11.4 Å². The number of amides is 2. The Labute approximate surface area is 363 Å². The molecule has 0 saturated carbocycles. The van der Waals surface area contributed by atoms with Crippen LogP contribution in [0.15, 0.2) is 84.6 Å². The highest BCUT2D eigenvalue weighted by Crippen LogP contribution is 2.64. The van der Waals surface area contributed by atoms with Crippen LogP contribution in [0.25, 0.3) is 0 Å². The zero-order chi connectivity index (χ0) is 42.5. The molecule has 8 unspecified atom stereocenters. The van der Waals surface area contributed by atoms with Crippen molar-refractivity contribution in [2.24, 2.45) is 11.8 Å². The van der Waals surface area contributed by atoms with Gasteiger partial charge in [0, 0.05) is 68.5 Å². The molecule has 6 heterocycles. The van der Waals surface area contributed by atoms with Crippen molar-refractivity contribution in [2.75, 3.05) is 37.9 Å². The third-order valence-electron chi connectivity index (χ3n) is 14.5. The topological polar surface area (TPSA) is 161 Å². The van der Waals surface area contributed by atoms with Gasteiger partial charge in [-0.1, -0.05) is 48.2 Å². The van der Waals surface area contributed by atoms with E-state index in [1.807, 2.05) is 6.07 Å². The second kappa shape index (κ2) is 14.7. The summed E-state index contributed by atoms with van der Waals surface area (Å²) in [5, 5.41) is 41.9. The van der Waals surface area contributed by atoms with Gasteiger partial charge in [-0.05, 0) is 111 Å². The zero-order valence-corrected chi connectivity index (χ0v) is 35.2. The number of allylic oxidation sites excluding steroid dienone is 1. The average molecular weight is 866 g/mol. The predicted molar refractivity (Wildman–Crippen MR) is 230 cm³/mol. The number of nitrogens with one attached hydrogen (secondary N) is 2. The van der Waals surface area contributed by atoms with E-state index in [0.717, 1.165) is 25.7 Å². The van der Waals surface area contributed by atoms with E-state index in [1.54, 1.807) is 60.7 Å². The molecule has 5 N–H and O–H groups in total. The fraction of sp³-hybridized carbons (Fsp3) is 0.383. The summed E-state index contributed by atoms with van der Waals surface area (Å²) in [7, 11) is 2.92. The van der Waals surface area contributed by atoms with Gasteiger partial charge in [-0.2, -0.15) is 0 Å². The van der Waals surface area contributed by atoms with Crippen molar-refractivity contribution in [3.63, 3.8) is 0 Å². The van der Waals surface area contributed by atoms with Gasteiger partial charge in [0.25, 0.3) is 0 Å². The van der Waals surface area contributed by atoms with Crippen molar-refractivity contribution in [1.82, 2.24) is 9.80 Å². The summed E-state index contributed by atoms with van der Waals surface area (Å²) in [6.07, 6.45) is 5.91. The van der Waals surface area contributed by atoms with E-state index in [9.17, 15) is 24.9 Å². The number of carbonyl (C=O) groups excluding carboxylic acids is 3. The number of anilines is 2. The lowest BCUT2D eigenvalue weighted by Gasteiger charge is -2.41. The molecule has 6 aliphatic heterocycles. The van der Waals surface area contributed by atoms with E-state index in [0.29, 0.717) is 69.6 Å². The Bertz CT molecular complexity index is 2550. The summed E-state index contributed by atoms with van der Waals surface area (Å²) >= 11 is 13.4. The van der Waals surface area contributed by atoms with Crippen molar-refractivity contribution in [2.45, 2.75) is 73.5 Å². The normalized spacial score (nSPS) is 30.5. The van der Waals surface area contributed by atoms with E-state index in [-0.39, 0.29) is 46.6 Å². The summed E-state index contributed by atoms with van der Waals surface area (Å²) in [4.78, 5) is 49.9. The van der Waals surface area contributed by atoms with Crippen molar-refractivity contribution in [1.29, 1.82) is 0 Å². The summed E-state index contributed by atoms with van der Waals surface area (Å²) < 4.78 is 11.0. The number of hydrogen-bond acceptors (Lipinski definition) is 10. The van der Waals surface area contributed by atoms with Gasteiger partial charge < -0.3 is 35.4 Å². The van der Waals surface area contributed by atoms with Crippen molar-refractivity contribution in [3.05, 3.63) is 117 Å². The lowest BCUT2D eigenvalue weighted by Crippen LogP contribution is -2.55. The monoisotopic (exact) mass is 864 g/mol. The Morgan fingerprint density at radius 1 is 0.721 bits per heavy atom. The van der Waals surface area contributed by atoms with Gasteiger partial charge in [-0.25, -0.2) is 0 Å². The first-order valence-corrected chi connectivity index (χ1v) is 21.6. The summed E-state index contributed by atoms with van der Waals surface area (Å²) in [5.41, 5.74) is 0.831. The van der Waals surface area contributed by atoms with Crippen molar-refractivity contribution in [3.8, 4) is 23.0 Å². The number of rotatable bonds is 7. The quantitative estimate of drug-likeness (QED) is 0.0911. The number of hydrogen-bond donors (Lipinski definition) is 5. The molecule has 4 saturated heterocycles. The Morgan fingerprint density at radius 2 is 1.31 bits per heavy atom. The number of carbonyl (C=O) groups is 3. The number of piperidine rings is 2. The van der Waals surface area contributed by atoms with E-state index >= 15 is 4.79 Å². The first-order valence-electron chi connectivity index (χ1n) is 20.9. The van der Waals surface area contributed by atoms with Crippen LogP contribution in [-0.4, -0.2) is 82.1 Å². The number of ketones is 1. The van der Waals surface area contributed by atoms with Crippen LogP contribution in [0.1, 0.15) is 72.6 Å². The van der Waals surface area contributed by atoms with Crippen LogP contribution in [-0.2, 0) is 25.5 Å². The van der Waals surface area contributed by atoms with Crippen LogP contribution >= 0.6 is 23.2 Å². The molecule has 2 spiro atoms. The molecule has 0 bridgehead atoms. The number of ether oxygens (including phenoxy) is 2. The Morgan fingerprint density at radius 3 is 1.95 bits per heavy atom. The minimum atomic E-state index is -1.50. The average Bonchev–Trinajstić information content (AvgIpc) is 3.93. The van der Waals surface area contributed by atoms with Gasteiger partial charge in [0.15, 0.2) is 28.8 Å². The molecule has 2 amide bonds. The molecular weight excluding hydrogens is 819 g/mol. The van der Waals surface area contributed by atoms with Gasteiger partial charge in [0.05, 0.1) is 20.1 Å². The highest BCUT2D eigenvalue weighted by atomic mass is 35.5. The van der Waals surface area contributed by atoms with Crippen LogP contribution in [0, 0.1) is 11.8 Å². The number of benzene rings is 4. The molecule has 4 fully saturated rings. The maximum absolute atomic E-state index is 15.8. The standard InChI is InChI=1S/C47H46Cl2N4O8/c1-60-38-16-10-24(19-35(38)55)40-32-7-3-5-17-52(32)47(29-22-27(49)12-14-31(29)51-45(47)59)43(40)37(57)23-36(56)41-33-8-4-6-18-53(33)46(28-21-26(48)11-13-30(28)50-44(46)58)42(41)25-9-15-34(54)39(20-25)61-2/h9-16,19-23,32-33,40-43,54-56H,3-8,17-18H2,1-2H3,(H,50,58)(H,51,59). The highest BCUT2D eigenvalue weighted by Gasteiger charge is 2.70. The lowest BCUT2D eigenvalue weighted by molar-refractivity contribution is -0.135. The zero-order valence-electron chi connectivity index (χ0n) is 33.7. The first-order chi connectivity index (χ1) is 29.4. The second-order valence-corrected chi connectivity index (χ2v) is 18.0. The highest BCUT2D eigenvalue weighted by molar-refractivity contribution is 6.31. The van der Waals surface area contributed by atoms with Gasteiger partial charge in [0.1, 0.15) is 16.8 Å². The molecule has 6 aliphatic rings. The molecule has 12 nitrogen and oxygen atoms in total. The molecular formula is C47H46Cl2N4O8. The number of nitrogens with zero attached hydrogens (tertiary/aromatic N) is 2. The largest absolute Gasteiger partial charge is 0.512 e. The molecule has 10 rings (SSSR count).